The van der Waals surface area contributed by atoms with Gasteiger partial charge in [0.1, 0.15) is 17.4 Å². The third-order valence-electron chi connectivity index (χ3n) is 5.12. The molecule has 33 heavy (non-hydrogen) atoms. The van der Waals surface area contributed by atoms with E-state index in [4.69, 9.17) is 4.74 Å². The van der Waals surface area contributed by atoms with Gasteiger partial charge in [-0.15, -0.1) is 0 Å². The van der Waals surface area contributed by atoms with Crippen molar-refractivity contribution in [3.05, 3.63) is 102 Å². The summed E-state index contributed by atoms with van der Waals surface area (Å²) < 4.78 is 18.4. The molecule has 1 amide bonds. The third-order valence-corrected chi connectivity index (χ3v) is 5.12. The highest BCUT2D eigenvalue weighted by atomic mass is 19.1. The van der Waals surface area contributed by atoms with Crippen LogP contribution >= 0.6 is 0 Å². The Balaban J connectivity index is 1.41. The van der Waals surface area contributed by atoms with Crippen molar-refractivity contribution in [3.63, 3.8) is 0 Å². The number of nitrogens with one attached hydrogen (secondary N) is 2. The van der Waals surface area contributed by atoms with E-state index in [2.05, 4.69) is 20.6 Å². The second kappa shape index (κ2) is 9.91. The molecule has 3 aromatic carbocycles. The van der Waals surface area contributed by atoms with Crippen molar-refractivity contribution in [3.8, 4) is 17.1 Å². The molecule has 0 aliphatic heterocycles. The molecule has 0 aliphatic rings. The number of halogens is 1. The fourth-order valence-corrected chi connectivity index (χ4v) is 3.29. The summed E-state index contributed by atoms with van der Waals surface area (Å²) in [5, 5.41) is 6.20. The van der Waals surface area contributed by atoms with Crippen molar-refractivity contribution in [1.82, 2.24) is 15.3 Å². The number of carbonyl (C=O) groups excluding carboxylic acids is 1. The summed E-state index contributed by atoms with van der Waals surface area (Å²) in [4.78, 5) is 21.4. The van der Waals surface area contributed by atoms with Gasteiger partial charge in [0.2, 0.25) is 0 Å². The summed E-state index contributed by atoms with van der Waals surface area (Å²) >= 11 is 0. The Morgan fingerprint density at radius 3 is 2.48 bits per heavy atom. The van der Waals surface area contributed by atoms with Gasteiger partial charge in [-0.05, 0) is 79.2 Å². The lowest BCUT2D eigenvalue weighted by Gasteiger charge is -2.15. The first kappa shape index (κ1) is 22.0. The minimum Gasteiger partial charge on any atom is -0.497 e. The molecule has 4 aromatic rings. The fraction of sp³-hybridized carbons (Fsp3) is 0.115. The molecule has 2 N–H and O–H groups in total. The SMILES string of the molecule is COc1cccc([C@H](C)NC(=O)c2ccc(Nc3ccnc(-c4ccc(F)cc4)n3)cc2)c1. The number of nitrogens with zero attached hydrogens (tertiary/aromatic N) is 2. The molecule has 1 atom stereocenters. The molecule has 0 radical (unpaired) electrons. The Hall–Kier alpha value is -4.26. The lowest BCUT2D eigenvalue weighted by molar-refractivity contribution is 0.0940. The lowest BCUT2D eigenvalue weighted by atomic mass is 10.1. The van der Waals surface area contributed by atoms with Crippen LogP contribution < -0.4 is 15.4 Å². The summed E-state index contributed by atoms with van der Waals surface area (Å²) in [5.74, 6) is 1.35. The van der Waals surface area contributed by atoms with Crippen molar-refractivity contribution in [2.75, 3.05) is 12.4 Å². The van der Waals surface area contributed by atoms with E-state index in [0.717, 1.165) is 22.6 Å². The van der Waals surface area contributed by atoms with Crippen molar-refractivity contribution in [2.45, 2.75) is 13.0 Å². The van der Waals surface area contributed by atoms with Crippen LogP contribution in [-0.2, 0) is 0 Å². The molecule has 0 saturated carbocycles. The summed E-state index contributed by atoms with van der Waals surface area (Å²) in [6, 6.07) is 22.3. The van der Waals surface area contributed by atoms with E-state index in [-0.39, 0.29) is 17.8 Å². The van der Waals surface area contributed by atoms with Crippen LogP contribution in [0.4, 0.5) is 15.9 Å². The molecule has 0 aliphatic carbocycles. The molecule has 1 heterocycles. The number of ether oxygens (including phenoxy) is 1. The third kappa shape index (κ3) is 5.51. The van der Waals surface area contributed by atoms with Gasteiger partial charge in [0.05, 0.1) is 13.2 Å². The molecule has 6 nitrogen and oxygen atoms in total. The van der Waals surface area contributed by atoms with E-state index in [1.165, 1.54) is 12.1 Å². The smallest absolute Gasteiger partial charge is 0.251 e. The van der Waals surface area contributed by atoms with Crippen LogP contribution in [0.1, 0.15) is 28.9 Å². The number of hydrogen-bond donors (Lipinski definition) is 2. The van der Waals surface area contributed by atoms with Gasteiger partial charge in [0, 0.05) is 23.0 Å². The number of amides is 1. The zero-order chi connectivity index (χ0) is 23.2. The van der Waals surface area contributed by atoms with Gasteiger partial charge in [-0.3, -0.25) is 4.79 Å². The highest BCUT2D eigenvalue weighted by Crippen LogP contribution is 2.21. The molecule has 0 spiro atoms. The maximum Gasteiger partial charge on any atom is 0.251 e. The Morgan fingerprint density at radius 2 is 1.76 bits per heavy atom. The summed E-state index contributed by atoms with van der Waals surface area (Å²) in [6.07, 6.45) is 1.63. The van der Waals surface area contributed by atoms with Gasteiger partial charge in [-0.2, -0.15) is 0 Å². The normalized spacial score (nSPS) is 11.5. The zero-order valence-corrected chi connectivity index (χ0v) is 18.2. The fourth-order valence-electron chi connectivity index (χ4n) is 3.29. The largest absolute Gasteiger partial charge is 0.497 e. The van der Waals surface area contributed by atoms with Gasteiger partial charge in [0.15, 0.2) is 5.82 Å². The highest BCUT2D eigenvalue weighted by Gasteiger charge is 2.12. The number of hydrogen-bond acceptors (Lipinski definition) is 5. The van der Waals surface area contributed by atoms with E-state index in [9.17, 15) is 9.18 Å². The molecule has 4 rings (SSSR count). The average molecular weight is 442 g/mol. The molecule has 7 heteroatoms. The van der Waals surface area contributed by atoms with Gasteiger partial charge in [0.25, 0.3) is 5.91 Å². The lowest BCUT2D eigenvalue weighted by Crippen LogP contribution is -2.26. The second-order valence-corrected chi connectivity index (χ2v) is 7.45. The van der Waals surface area contributed by atoms with Gasteiger partial charge < -0.3 is 15.4 Å². The van der Waals surface area contributed by atoms with Crippen LogP contribution in [0.25, 0.3) is 11.4 Å². The summed E-state index contributed by atoms with van der Waals surface area (Å²) in [5.41, 5.74) is 3.00. The number of rotatable bonds is 7. The molecule has 0 fully saturated rings. The van der Waals surface area contributed by atoms with Crippen LogP contribution in [0.5, 0.6) is 5.75 Å². The Morgan fingerprint density at radius 1 is 1.00 bits per heavy atom. The number of benzene rings is 3. The quantitative estimate of drug-likeness (QED) is 0.394. The van der Waals surface area contributed by atoms with Crippen LogP contribution in [0.3, 0.4) is 0 Å². The molecular weight excluding hydrogens is 419 g/mol. The van der Waals surface area contributed by atoms with Crippen LogP contribution in [-0.4, -0.2) is 23.0 Å². The number of anilines is 2. The zero-order valence-electron chi connectivity index (χ0n) is 18.2. The molecule has 0 bridgehead atoms. The predicted octanol–water partition coefficient (Wildman–Crippen LogP) is 5.53. The first-order valence-electron chi connectivity index (χ1n) is 10.4. The first-order valence-corrected chi connectivity index (χ1v) is 10.4. The Kier molecular flexibility index (Phi) is 6.59. The van der Waals surface area contributed by atoms with Crippen LogP contribution in [0.15, 0.2) is 85.1 Å². The standard InChI is InChI=1S/C26H23FN4O2/c1-17(20-4-3-5-23(16-20)33-2)29-26(32)19-8-12-22(13-9-19)30-24-14-15-28-25(31-24)18-6-10-21(27)11-7-18/h3-17H,1-2H3,(H,29,32)(H,28,30,31)/t17-/m0/s1. The molecule has 166 valence electrons. The minimum absolute atomic E-state index is 0.169. The monoisotopic (exact) mass is 442 g/mol. The minimum atomic E-state index is -0.310. The first-order chi connectivity index (χ1) is 16.0. The van der Waals surface area contributed by atoms with E-state index in [1.54, 1.807) is 43.6 Å². The summed E-state index contributed by atoms with van der Waals surface area (Å²) in [7, 11) is 1.61. The topological polar surface area (TPSA) is 76.1 Å². The van der Waals surface area contributed by atoms with Crippen molar-refractivity contribution in [1.29, 1.82) is 0 Å². The van der Waals surface area contributed by atoms with E-state index in [0.29, 0.717) is 17.2 Å². The van der Waals surface area contributed by atoms with Crippen LogP contribution in [0, 0.1) is 5.82 Å². The van der Waals surface area contributed by atoms with E-state index >= 15 is 0 Å². The number of carbonyl (C=O) groups is 1. The van der Waals surface area contributed by atoms with Gasteiger partial charge in [-0.1, -0.05) is 12.1 Å². The highest BCUT2D eigenvalue weighted by molar-refractivity contribution is 5.94. The Bertz CT molecular complexity index is 1240. The second-order valence-electron chi connectivity index (χ2n) is 7.45. The summed E-state index contributed by atoms with van der Waals surface area (Å²) in [6.45, 7) is 1.93. The Labute approximate surface area is 191 Å². The molecule has 0 saturated heterocycles. The number of methoxy groups -OCH3 is 1. The van der Waals surface area contributed by atoms with Gasteiger partial charge in [-0.25, -0.2) is 14.4 Å². The average Bonchev–Trinajstić information content (AvgIpc) is 2.85. The van der Waals surface area contributed by atoms with Crippen molar-refractivity contribution >= 4 is 17.4 Å². The van der Waals surface area contributed by atoms with E-state index in [1.807, 2.05) is 43.3 Å². The van der Waals surface area contributed by atoms with Crippen molar-refractivity contribution in [2.24, 2.45) is 0 Å². The maximum absolute atomic E-state index is 13.2. The van der Waals surface area contributed by atoms with Gasteiger partial charge >= 0.3 is 0 Å². The molecule has 0 unspecified atom stereocenters. The van der Waals surface area contributed by atoms with Crippen LogP contribution in [0.2, 0.25) is 0 Å². The van der Waals surface area contributed by atoms with Crippen molar-refractivity contribution < 1.29 is 13.9 Å². The maximum atomic E-state index is 13.2. The number of aromatic nitrogens is 2. The molecule has 1 aromatic heterocycles. The molecular formula is C26H23FN4O2. The predicted molar refractivity (Wildman–Crippen MR) is 126 cm³/mol. The van der Waals surface area contributed by atoms with E-state index < -0.39 is 0 Å².